The van der Waals surface area contributed by atoms with Gasteiger partial charge in [0.15, 0.2) is 0 Å². The monoisotopic (exact) mass is 424 g/mol. The maximum absolute atomic E-state index is 12.3. The lowest BCUT2D eigenvalue weighted by atomic mass is 10.2. The van der Waals surface area contributed by atoms with Gasteiger partial charge in [0, 0.05) is 30.7 Å². The molecule has 9 heteroatoms. The van der Waals surface area contributed by atoms with Crippen molar-refractivity contribution in [3.05, 3.63) is 60.6 Å². The summed E-state index contributed by atoms with van der Waals surface area (Å²) in [6.07, 6.45) is 3.89. The smallest absolute Gasteiger partial charge is 0.243 e. The number of hydrogen-bond donors (Lipinski definition) is 2. The van der Waals surface area contributed by atoms with Crippen molar-refractivity contribution in [3.8, 4) is 5.75 Å². The number of benzene rings is 1. The Labute approximate surface area is 175 Å². The Morgan fingerprint density at radius 2 is 2.18 bits per heavy atom. The summed E-state index contributed by atoms with van der Waals surface area (Å²) in [6.45, 7) is 2.06. The number of carbonyl (C=O) groups excluding carboxylic acids is 1. The van der Waals surface area contributed by atoms with Crippen LogP contribution in [0.15, 0.2) is 54.9 Å². The van der Waals surface area contributed by atoms with E-state index in [4.69, 9.17) is 9.47 Å². The predicted molar refractivity (Wildman–Crippen MR) is 112 cm³/mol. The lowest BCUT2D eigenvalue weighted by Gasteiger charge is -2.22. The van der Waals surface area contributed by atoms with E-state index in [0.717, 1.165) is 11.3 Å². The molecular formula is C19H22Cl2N4O3. The summed E-state index contributed by atoms with van der Waals surface area (Å²) in [5, 5.41) is 6.02. The highest BCUT2D eigenvalue weighted by atomic mass is 35.5. The standard InChI is InChI=1S/C19H20N4O3.2ClH/c24-19(17-13-25-9-7-20-17)22-14-4-3-5-16(10-14)26-12-15-11-23-8-2-1-6-18(23)21-15;;/h1-6,8,10-11,17,20H,7,9,12-13H2,(H,22,24);2*1H. The summed E-state index contributed by atoms with van der Waals surface area (Å²) in [4.78, 5) is 16.8. The predicted octanol–water partition coefficient (Wildman–Crippen LogP) is 2.68. The van der Waals surface area contributed by atoms with Crippen molar-refractivity contribution >= 4 is 42.1 Å². The number of imidazole rings is 1. The number of anilines is 1. The lowest BCUT2D eigenvalue weighted by molar-refractivity contribution is -0.120. The number of morpholine rings is 1. The molecule has 150 valence electrons. The second kappa shape index (κ2) is 10.3. The topological polar surface area (TPSA) is 76.9 Å². The number of fused-ring (bicyclic) bond motifs is 1. The Morgan fingerprint density at radius 3 is 2.96 bits per heavy atom. The number of nitrogens with one attached hydrogen (secondary N) is 2. The van der Waals surface area contributed by atoms with Gasteiger partial charge in [-0.3, -0.25) is 4.79 Å². The molecule has 7 nitrogen and oxygen atoms in total. The Kier molecular flexibility index (Phi) is 8.07. The highest BCUT2D eigenvalue weighted by molar-refractivity contribution is 5.95. The number of nitrogens with zero attached hydrogens (tertiary/aromatic N) is 2. The minimum absolute atomic E-state index is 0. The molecule has 3 aromatic rings. The van der Waals surface area contributed by atoms with Crippen molar-refractivity contribution in [2.24, 2.45) is 0 Å². The van der Waals surface area contributed by atoms with Crippen LogP contribution in [0.4, 0.5) is 5.69 Å². The fraction of sp³-hybridized carbons (Fsp3) is 0.263. The zero-order valence-corrected chi connectivity index (χ0v) is 16.7. The first-order valence-corrected chi connectivity index (χ1v) is 8.55. The van der Waals surface area contributed by atoms with Crippen LogP contribution in [0.5, 0.6) is 5.75 Å². The van der Waals surface area contributed by atoms with Crippen LogP contribution < -0.4 is 15.4 Å². The first kappa shape index (κ1) is 22.0. The van der Waals surface area contributed by atoms with Gasteiger partial charge in [0.25, 0.3) is 0 Å². The number of carbonyl (C=O) groups is 1. The van der Waals surface area contributed by atoms with Crippen LogP contribution in [0.3, 0.4) is 0 Å². The van der Waals surface area contributed by atoms with E-state index in [1.807, 2.05) is 53.2 Å². The van der Waals surface area contributed by atoms with Gasteiger partial charge >= 0.3 is 0 Å². The Morgan fingerprint density at radius 1 is 1.29 bits per heavy atom. The third-order valence-corrected chi connectivity index (χ3v) is 4.14. The molecule has 1 aliphatic heterocycles. The van der Waals surface area contributed by atoms with Gasteiger partial charge in [0.05, 0.1) is 18.9 Å². The highest BCUT2D eigenvalue weighted by Crippen LogP contribution is 2.19. The Balaban J connectivity index is 0.00000140. The Bertz CT molecular complexity index is 880. The number of amides is 1. The van der Waals surface area contributed by atoms with Crippen LogP contribution in [-0.4, -0.2) is 41.1 Å². The minimum Gasteiger partial charge on any atom is -0.487 e. The van der Waals surface area contributed by atoms with Crippen molar-refractivity contribution in [1.29, 1.82) is 0 Å². The summed E-state index contributed by atoms with van der Waals surface area (Å²) in [5.74, 6) is 0.565. The molecule has 2 N–H and O–H groups in total. The van der Waals surface area contributed by atoms with E-state index in [1.54, 1.807) is 6.07 Å². The average molecular weight is 425 g/mol. The lowest BCUT2D eigenvalue weighted by Crippen LogP contribution is -2.48. The van der Waals surface area contributed by atoms with Gasteiger partial charge in [0.1, 0.15) is 24.0 Å². The zero-order valence-electron chi connectivity index (χ0n) is 15.0. The fourth-order valence-corrected chi connectivity index (χ4v) is 2.84. The van der Waals surface area contributed by atoms with Crippen LogP contribution in [0, 0.1) is 0 Å². The minimum atomic E-state index is -0.328. The first-order valence-electron chi connectivity index (χ1n) is 8.55. The molecule has 1 atom stereocenters. The maximum Gasteiger partial charge on any atom is 0.243 e. The largest absolute Gasteiger partial charge is 0.487 e. The van der Waals surface area contributed by atoms with Gasteiger partial charge in [-0.15, -0.1) is 24.8 Å². The van der Waals surface area contributed by atoms with Crippen LogP contribution in [-0.2, 0) is 16.1 Å². The molecule has 1 unspecified atom stereocenters. The molecule has 1 aliphatic rings. The molecule has 0 radical (unpaired) electrons. The normalized spacial score (nSPS) is 15.9. The van der Waals surface area contributed by atoms with Crippen LogP contribution in [0.2, 0.25) is 0 Å². The van der Waals surface area contributed by atoms with Crippen molar-refractivity contribution in [3.63, 3.8) is 0 Å². The molecule has 1 aromatic carbocycles. The highest BCUT2D eigenvalue weighted by Gasteiger charge is 2.21. The molecule has 4 rings (SSSR count). The number of aromatic nitrogens is 2. The molecule has 0 aliphatic carbocycles. The van der Waals surface area contributed by atoms with E-state index in [2.05, 4.69) is 15.6 Å². The molecule has 1 amide bonds. The summed E-state index contributed by atoms with van der Waals surface area (Å²) in [7, 11) is 0. The molecular weight excluding hydrogens is 403 g/mol. The molecule has 0 bridgehead atoms. The number of halogens is 2. The van der Waals surface area contributed by atoms with Crippen LogP contribution in [0.25, 0.3) is 5.65 Å². The number of ether oxygens (including phenoxy) is 2. The third kappa shape index (κ3) is 5.36. The second-order valence-corrected chi connectivity index (χ2v) is 6.09. The summed E-state index contributed by atoms with van der Waals surface area (Å²) < 4.78 is 13.1. The van der Waals surface area contributed by atoms with Gasteiger partial charge in [-0.1, -0.05) is 12.1 Å². The van der Waals surface area contributed by atoms with Gasteiger partial charge in [-0.05, 0) is 24.3 Å². The van der Waals surface area contributed by atoms with E-state index in [9.17, 15) is 4.79 Å². The third-order valence-electron chi connectivity index (χ3n) is 4.14. The van der Waals surface area contributed by atoms with E-state index in [0.29, 0.717) is 37.8 Å². The van der Waals surface area contributed by atoms with E-state index < -0.39 is 0 Å². The van der Waals surface area contributed by atoms with E-state index in [1.165, 1.54) is 0 Å². The SMILES string of the molecule is Cl.Cl.O=C(Nc1cccc(OCc2cn3ccccc3n2)c1)C1COCCN1. The van der Waals surface area contributed by atoms with Crippen LogP contribution in [0.1, 0.15) is 5.69 Å². The molecule has 1 fully saturated rings. The van der Waals surface area contributed by atoms with Crippen molar-refractivity contribution in [2.45, 2.75) is 12.6 Å². The van der Waals surface area contributed by atoms with Gasteiger partial charge in [-0.25, -0.2) is 4.98 Å². The first-order chi connectivity index (χ1) is 12.8. The molecule has 28 heavy (non-hydrogen) atoms. The molecule has 0 saturated carbocycles. The fourth-order valence-electron chi connectivity index (χ4n) is 2.84. The molecule has 3 heterocycles. The number of hydrogen-bond acceptors (Lipinski definition) is 5. The zero-order chi connectivity index (χ0) is 17.8. The Hall–Kier alpha value is -2.32. The van der Waals surface area contributed by atoms with E-state index in [-0.39, 0.29) is 36.8 Å². The average Bonchev–Trinajstić information content (AvgIpc) is 3.10. The summed E-state index contributed by atoms with van der Waals surface area (Å²) in [5.41, 5.74) is 2.42. The summed E-state index contributed by atoms with van der Waals surface area (Å²) >= 11 is 0. The van der Waals surface area contributed by atoms with Gasteiger partial charge < -0.3 is 24.5 Å². The van der Waals surface area contributed by atoms with Crippen molar-refractivity contribution in [2.75, 3.05) is 25.1 Å². The molecule has 1 saturated heterocycles. The quantitative estimate of drug-likeness (QED) is 0.658. The van der Waals surface area contributed by atoms with Gasteiger partial charge in [-0.2, -0.15) is 0 Å². The van der Waals surface area contributed by atoms with E-state index >= 15 is 0 Å². The summed E-state index contributed by atoms with van der Waals surface area (Å²) in [6, 6.07) is 12.9. The maximum atomic E-state index is 12.3. The molecule has 0 spiro atoms. The number of pyridine rings is 1. The van der Waals surface area contributed by atoms with Gasteiger partial charge in [0.2, 0.25) is 5.91 Å². The van der Waals surface area contributed by atoms with Crippen molar-refractivity contribution in [1.82, 2.24) is 14.7 Å². The molecule has 2 aromatic heterocycles. The second-order valence-electron chi connectivity index (χ2n) is 6.09. The number of rotatable bonds is 5. The van der Waals surface area contributed by atoms with Crippen LogP contribution >= 0.6 is 24.8 Å². The van der Waals surface area contributed by atoms with Crippen molar-refractivity contribution < 1.29 is 14.3 Å².